The second-order valence-electron chi connectivity index (χ2n) is 8.58. The number of carbonyl (C=O) groups is 1. The summed E-state index contributed by atoms with van der Waals surface area (Å²) in [6, 6.07) is 11.5. The number of nitrogens with zero attached hydrogens (tertiary/aromatic N) is 2. The van der Waals surface area contributed by atoms with Gasteiger partial charge in [-0.05, 0) is 73.0 Å². The average Bonchev–Trinajstić information content (AvgIpc) is 3.12. The Morgan fingerprint density at radius 2 is 1.64 bits per heavy atom. The normalized spacial score (nSPS) is 15.4. The number of rotatable bonds is 3. The lowest BCUT2D eigenvalue weighted by Gasteiger charge is -2.26. The SMILES string of the molecule is Cc1cc2oc3c(c(=O)c2cc1C)C(c1ccc([N+](=O)[O-])cc1)N(c1cccc(C(F)(F)F)c1)C3=O. The Balaban J connectivity index is 1.79. The van der Waals surface area contributed by atoms with Gasteiger partial charge < -0.3 is 4.42 Å². The van der Waals surface area contributed by atoms with Crippen LogP contribution in [-0.2, 0) is 6.18 Å². The molecule has 4 aromatic rings. The Labute approximate surface area is 201 Å². The van der Waals surface area contributed by atoms with Crippen molar-refractivity contribution < 1.29 is 27.3 Å². The molecule has 0 fully saturated rings. The molecule has 1 unspecified atom stereocenters. The molecule has 0 saturated carbocycles. The van der Waals surface area contributed by atoms with Gasteiger partial charge in [-0.1, -0.05) is 6.07 Å². The zero-order valence-electron chi connectivity index (χ0n) is 18.9. The summed E-state index contributed by atoms with van der Waals surface area (Å²) in [6.45, 7) is 3.63. The number of halogens is 3. The summed E-state index contributed by atoms with van der Waals surface area (Å²) >= 11 is 0. The Morgan fingerprint density at radius 3 is 2.28 bits per heavy atom. The fourth-order valence-corrected chi connectivity index (χ4v) is 4.42. The van der Waals surface area contributed by atoms with Crippen LogP contribution in [0.25, 0.3) is 11.0 Å². The molecule has 182 valence electrons. The topological polar surface area (TPSA) is 93.7 Å². The smallest absolute Gasteiger partial charge is 0.416 e. The van der Waals surface area contributed by atoms with Crippen molar-refractivity contribution in [3.8, 4) is 0 Å². The maximum absolute atomic E-state index is 13.7. The number of hydrogen-bond acceptors (Lipinski definition) is 5. The van der Waals surface area contributed by atoms with Crippen LogP contribution in [-0.4, -0.2) is 10.8 Å². The van der Waals surface area contributed by atoms with Crippen LogP contribution in [0.3, 0.4) is 0 Å². The van der Waals surface area contributed by atoms with Gasteiger partial charge in [0.1, 0.15) is 5.58 Å². The van der Waals surface area contributed by atoms with Crippen LogP contribution < -0.4 is 10.3 Å². The average molecular weight is 494 g/mol. The Kier molecular flexibility index (Phi) is 5.20. The number of carbonyl (C=O) groups excluding carboxylic acids is 1. The van der Waals surface area contributed by atoms with Crippen LogP contribution in [0.1, 0.15) is 44.4 Å². The van der Waals surface area contributed by atoms with Crippen LogP contribution in [0, 0.1) is 24.0 Å². The van der Waals surface area contributed by atoms with Crippen LogP contribution in [0.4, 0.5) is 24.5 Å². The van der Waals surface area contributed by atoms with Gasteiger partial charge in [0.15, 0.2) is 5.43 Å². The molecule has 1 amide bonds. The first-order valence-corrected chi connectivity index (χ1v) is 10.8. The number of non-ortho nitro benzene ring substituents is 1. The number of aryl methyl sites for hydroxylation is 2. The van der Waals surface area contributed by atoms with Gasteiger partial charge in [-0.3, -0.25) is 24.6 Å². The van der Waals surface area contributed by atoms with E-state index in [9.17, 15) is 32.9 Å². The highest BCUT2D eigenvalue weighted by molar-refractivity contribution is 6.10. The third-order valence-corrected chi connectivity index (χ3v) is 6.36. The first-order chi connectivity index (χ1) is 17.0. The number of anilines is 1. The van der Waals surface area contributed by atoms with E-state index in [2.05, 4.69) is 0 Å². The van der Waals surface area contributed by atoms with Crippen LogP contribution in [0.5, 0.6) is 0 Å². The molecule has 0 saturated heterocycles. The van der Waals surface area contributed by atoms with Crippen molar-refractivity contribution >= 4 is 28.3 Å². The van der Waals surface area contributed by atoms with Crippen molar-refractivity contribution in [1.82, 2.24) is 0 Å². The second kappa shape index (κ2) is 8.04. The van der Waals surface area contributed by atoms with E-state index in [1.807, 2.05) is 13.8 Å². The van der Waals surface area contributed by atoms with E-state index in [4.69, 9.17) is 4.42 Å². The molecule has 0 bridgehead atoms. The summed E-state index contributed by atoms with van der Waals surface area (Å²) in [5.41, 5.74) is 0.318. The maximum atomic E-state index is 13.7. The third-order valence-electron chi connectivity index (χ3n) is 6.36. The fourth-order valence-electron chi connectivity index (χ4n) is 4.42. The van der Waals surface area contributed by atoms with Crippen molar-refractivity contribution in [2.24, 2.45) is 0 Å². The van der Waals surface area contributed by atoms with E-state index in [0.29, 0.717) is 5.56 Å². The molecule has 2 heterocycles. The monoisotopic (exact) mass is 494 g/mol. The lowest BCUT2D eigenvalue weighted by Crippen LogP contribution is -2.29. The predicted molar refractivity (Wildman–Crippen MR) is 125 cm³/mol. The van der Waals surface area contributed by atoms with Gasteiger partial charge in [0.2, 0.25) is 5.76 Å². The quantitative estimate of drug-likeness (QED) is 0.254. The molecule has 7 nitrogen and oxygen atoms in total. The summed E-state index contributed by atoms with van der Waals surface area (Å²) in [5.74, 6) is -1.07. The van der Waals surface area contributed by atoms with Gasteiger partial charge in [-0.25, -0.2) is 0 Å². The van der Waals surface area contributed by atoms with E-state index in [-0.39, 0.29) is 33.7 Å². The number of amides is 1. The number of alkyl halides is 3. The second-order valence-corrected chi connectivity index (χ2v) is 8.58. The van der Waals surface area contributed by atoms with E-state index < -0.39 is 34.0 Å². The molecular formula is C26H17F3N2O5. The molecule has 0 aliphatic carbocycles. The number of hydrogen-bond donors (Lipinski definition) is 0. The van der Waals surface area contributed by atoms with E-state index in [1.54, 1.807) is 12.1 Å². The molecule has 10 heteroatoms. The molecule has 36 heavy (non-hydrogen) atoms. The lowest BCUT2D eigenvalue weighted by molar-refractivity contribution is -0.384. The van der Waals surface area contributed by atoms with Crippen molar-refractivity contribution in [2.75, 3.05) is 4.90 Å². The van der Waals surface area contributed by atoms with Crippen molar-refractivity contribution in [3.05, 3.63) is 115 Å². The number of benzene rings is 3. The third kappa shape index (κ3) is 3.62. The molecule has 0 radical (unpaired) electrons. The molecule has 1 aliphatic rings. The van der Waals surface area contributed by atoms with Gasteiger partial charge in [0, 0.05) is 17.8 Å². The molecule has 1 aliphatic heterocycles. The summed E-state index contributed by atoms with van der Waals surface area (Å²) in [5, 5.41) is 11.4. The minimum atomic E-state index is -4.66. The minimum absolute atomic E-state index is 0.0398. The fraction of sp³-hybridized carbons (Fsp3) is 0.154. The zero-order chi connectivity index (χ0) is 25.9. The first-order valence-electron chi connectivity index (χ1n) is 10.8. The highest BCUT2D eigenvalue weighted by Crippen LogP contribution is 2.43. The Hall–Kier alpha value is -4.47. The Bertz CT molecular complexity index is 1620. The number of nitro benzene ring substituents is 1. The van der Waals surface area contributed by atoms with E-state index >= 15 is 0 Å². The van der Waals surface area contributed by atoms with Gasteiger partial charge in [-0.2, -0.15) is 13.2 Å². The van der Waals surface area contributed by atoms with E-state index in [1.165, 1.54) is 36.4 Å². The Morgan fingerprint density at radius 1 is 0.972 bits per heavy atom. The van der Waals surface area contributed by atoms with Crippen LogP contribution >= 0.6 is 0 Å². The zero-order valence-corrected chi connectivity index (χ0v) is 18.9. The largest absolute Gasteiger partial charge is 0.450 e. The molecule has 1 aromatic heterocycles. The lowest BCUT2D eigenvalue weighted by atomic mass is 9.97. The maximum Gasteiger partial charge on any atom is 0.416 e. The van der Waals surface area contributed by atoms with Crippen molar-refractivity contribution in [2.45, 2.75) is 26.1 Å². The predicted octanol–water partition coefficient (Wildman–Crippen LogP) is 6.09. The van der Waals surface area contributed by atoms with Crippen molar-refractivity contribution in [1.29, 1.82) is 0 Å². The summed E-state index contributed by atoms with van der Waals surface area (Å²) in [6.07, 6.45) is -4.66. The molecule has 0 N–H and O–H groups in total. The minimum Gasteiger partial charge on any atom is -0.450 e. The summed E-state index contributed by atoms with van der Waals surface area (Å²) in [4.78, 5) is 38.8. The molecular weight excluding hydrogens is 477 g/mol. The standard InChI is InChI=1S/C26H17F3N2O5/c1-13-10-19-20(11-14(13)2)36-24-21(23(19)32)22(15-6-8-17(9-7-15)31(34)35)30(25(24)33)18-5-3-4-16(12-18)26(27,28)29/h3-12,22H,1-2H3. The molecule has 1 atom stereocenters. The number of nitro groups is 1. The highest BCUT2D eigenvalue weighted by atomic mass is 19.4. The molecule has 5 rings (SSSR count). The van der Waals surface area contributed by atoms with Gasteiger partial charge >= 0.3 is 6.18 Å². The number of fused-ring (bicyclic) bond motifs is 2. The van der Waals surface area contributed by atoms with E-state index in [0.717, 1.165) is 28.2 Å². The van der Waals surface area contributed by atoms with Gasteiger partial charge in [0.25, 0.3) is 11.6 Å². The van der Waals surface area contributed by atoms with Crippen molar-refractivity contribution in [3.63, 3.8) is 0 Å². The van der Waals surface area contributed by atoms with Gasteiger partial charge in [0.05, 0.1) is 27.5 Å². The molecule has 3 aromatic carbocycles. The highest BCUT2D eigenvalue weighted by Gasteiger charge is 2.44. The molecule has 0 spiro atoms. The van der Waals surface area contributed by atoms with Crippen LogP contribution in [0.2, 0.25) is 0 Å². The van der Waals surface area contributed by atoms with Crippen LogP contribution in [0.15, 0.2) is 69.9 Å². The first kappa shape index (κ1) is 23.3. The summed E-state index contributed by atoms with van der Waals surface area (Å²) in [7, 11) is 0. The van der Waals surface area contributed by atoms with Gasteiger partial charge in [-0.15, -0.1) is 0 Å². The summed E-state index contributed by atoms with van der Waals surface area (Å²) < 4.78 is 46.2.